The first-order valence-electron chi connectivity index (χ1n) is 19.2. The highest BCUT2D eigenvalue weighted by Crippen LogP contribution is 2.42. The molecule has 2 aliphatic rings. The first-order valence-corrected chi connectivity index (χ1v) is 22.3. The van der Waals surface area contributed by atoms with Crippen LogP contribution in [0.3, 0.4) is 0 Å². The van der Waals surface area contributed by atoms with E-state index in [1.54, 1.807) is 55.5 Å². The van der Waals surface area contributed by atoms with Gasteiger partial charge in [-0.2, -0.15) is 9.57 Å². The summed E-state index contributed by atoms with van der Waals surface area (Å²) in [7, 11) is -4.43. The molecule has 0 spiro atoms. The lowest BCUT2D eigenvalue weighted by molar-refractivity contribution is -0.142. The Kier molecular flexibility index (Phi) is 12.1. The van der Waals surface area contributed by atoms with Crippen molar-refractivity contribution in [2.45, 2.75) is 56.1 Å². The normalized spacial score (nSPS) is 16.4. The molecule has 6 aromatic rings. The summed E-state index contributed by atoms with van der Waals surface area (Å²) in [6.45, 7) is 1.81. The smallest absolute Gasteiger partial charge is 0.326 e. The number of sulfonamides is 1. The van der Waals surface area contributed by atoms with Gasteiger partial charge < -0.3 is 30.4 Å². The minimum absolute atomic E-state index is 0.0485. The molecule has 0 saturated heterocycles. The highest BCUT2D eigenvalue weighted by atomic mass is 35.5. The van der Waals surface area contributed by atoms with E-state index in [4.69, 9.17) is 48.4 Å². The standard InChI is InChI=1S/C45H37Cl2N5O8S2/c1-25-43(51-45(49)61-25)62(56,57)52-22-33-20-40-39(59-24-41(60-40)31-11-13-34(14-12-31)58-23-28-6-15-35(46)36(47)16-28)19-32(33)18-38(52)42(53)50-37(44(54)55)17-26-2-7-29(8-3-26)30-9-4-27(21-48)5-10-30/h2-16,19-20,37-38,41H,17-18,22-24H2,1H3,(H2,49,51)(H,50,53)(H,54,55)/t37-,38?,41+/m0/s1. The van der Waals surface area contributed by atoms with Crippen LogP contribution in [0.25, 0.3) is 11.1 Å². The minimum atomic E-state index is -4.43. The first-order chi connectivity index (χ1) is 29.7. The SMILES string of the molecule is Cc1sc(N)nc1S(=O)(=O)N1Cc2cc3c(cc2CC1C(=O)N[C@@H](Cc1ccc(-c2ccc(C#N)cc2)cc1)C(=O)O)OC[C@H](c1ccc(OCc2ccc(Cl)c(Cl)c2)cc1)O3. The molecule has 0 aliphatic carbocycles. The Labute approximate surface area is 371 Å². The number of fused-ring (bicyclic) bond motifs is 2. The third-order valence-electron chi connectivity index (χ3n) is 10.6. The van der Waals surface area contributed by atoms with Gasteiger partial charge in [0, 0.05) is 17.8 Å². The number of thiazole rings is 1. The molecule has 1 aromatic heterocycles. The van der Waals surface area contributed by atoms with Gasteiger partial charge >= 0.3 is 5.97 Å². The number of nitriles is 1. The van der Waals surface area contributed by atoms with E-state index in [0.717, 1.165) is 37.9 Å². The number of carboxylic acids is 1. The summed E-state index contributed by atoms with van der Waals surface area (Å²) in [5.41, 5.74) is 11.7. The van der Waals surface area contributed by atoms with E-state index in [0.29, 0.717) is 61.0 Å². The molecule has 5 aromatic carbocycles. The van der Waals surface area contributed by atoms with E-state index < -0.39 is 40.1 Å². The van der Waals surface area contributed by atoms with Gasteiger partial charge in [0.15, 0.2) is 27.8 Å². The summed E-state index contributed by atoms with van der Waals surface area (Å²) in [4.78, 5) is 31.2. The van der Waals surface area contributed by atoms with Gasteiger partial charge in [-0.25, -0.2) is 18.2 Å². The molecule has 1 unspecified atom stereocenters. The molecule has 8 rings (SSSR count). The summed E-state index contributed by atoms with van der Waals surface area (Å²) >= 11 is 13.2. The van der Waals surface area contributed by atoms with E-state index in [9.17, 15) is 23.1 Å². The number of aliphatic carboxylic acids is 1. The Bertz CT molecular complexity index is 2830. The topological polar surface area (TPSA) is 194 Å². The van der Waals surface area contributed by atoms with Crippen molar-refractivity contribution in [3.05, 3.63) is 151 Å². The Hall–Kier alpha value is -6.15. The van der Waals surface area contributed by atoms with E-state index in [1.807, 2.05) is 54.6 Å². The number of carbonyl (C=O) groups is 2. The van der Waals surface area contributed by atoms with E-state index in [2.05, 4.69) is 16.4 Å². The average molecular weight is 911 g/mol. The molecular formula is C45H37Cl2N5O8S2. The van der Waals surface area contributed by atoms with Crippen LogP contribution in [0.4, 0.5) is 5.13 Å². The Morgan fingerprint density at radius 2 is 1.65 bits per heavy atom. The van der Waals surface area contributed by atoms with Crippen molar-refractivity contribution in [3.63, 3.8) is 0 Å². The van der Waals surface area contributed by atoms with Crippen molar-refractivity contribution in [2.75, 3.05) is 12.3 Å². The van der Waals surface area contributed by atoms with Crippen LogP contribution in [0.2, 0.25) is 10.0 Å². The van der Waals surface area contributed by atoms with Gasteiger partial charge in [0.05, 0.1) is 21.7 Å². The number of amides is 1. The number of benzene rings is 5. The zero-order chi connectivity index (χ0) is 43.7. The quantitative estimate of drug-likeness (QED) is 0.108. The molecule has 0 saturated carbocycles. The summed E-state index contributed by atoms with van der Waals surface area (Å²) < 4.78 is 48.3. The van der Waals surface area contributed by atoms with E-state index >= 15 is 0 Å². The number of nitrogens with one attached hydrogen (secondary N) is 1. The number of hydrogen-bond donors (Lipinski definition) is 3. The number of hydrogen-bond acceptors (Lipinski definition) is 11. The molecule has 0 bridgehead atoms. The van der Waals surface area contributed by atoms with E-state index in [1.165, 1.54) is 0 Å². The van der Waals surface area contributed by atoms with Crippen molar-refractivity contribution >= 4 is 61.6 Å². The predicted octanol–water partition coefficient (Wildman–Crippen LogP) is 7.90. The number of nitrogens with zero attached hydrogens (tertiary/aromatic N) is 3. The number of rotatable bonds is 12. The Balaban J connectivity index is 1.01. The molecule has 13 nitrogen and oxygen atoms in total. The Morgan fingerprint density at radius 1 is 0.968 bits per heavy atom. The summed E-state index contributed by atoms with van der Waals surface area (Å²) in [5.74, 6) is -0.630. The van der Waals surface area contributed by atoms with Crippen LogP contribution in [0.15, 0.2) is 108 Å². The molecule has 0 radical (unpaired) electrons. The van der Waals surface area contributed by atoms with Gasteiger partial charge in [-0.1, -0.05) is 77.8 Å². The number of aromatic nitrogens is 1. The molecule has 1 amide bonds. The van der Waals surface area contributed by atoms with Gasteiger partial charge in [-0.15, -0.1) is 11.3 Å². The molecule has 62 heavy (non-hydrogen) atoms. The number of nitrogens with two attached hydrogens (primary N) is 1. The largest absolute Gasteiger partial charge is 0.489 e. The van der Waals surface area contributed by atoms with Crippen molar-refractivity contribution in [1.82, 2.24) is 14.6 Å². The number of carbonyl (C=O) groups excluding carboxylic acids is 1. The van der Waals surface area contributed by atoms with Gasteiger partial charge in [0.1, 0.15) is 31.0 Å². The molecule has 17 heteroatoms. The monoisotopic (exact) mass is 909 g/mol. The van der Waals surface area contributed by atoms with Crippen LogP contribution in [-0.2, 0) is 45.6 Å². The zero-order valence-corrected chi connectivity index (χ0v) is 36.0. The molecular weight excluding hydrogens is 874 g/mol. The lowest BCUT2D eigenvalue weighted by atomic mass is 9.94. The number of aryl methyl sites for hydroxylation is 1. The highest BCUT2D eigenvalue weighted by Gasteiger charge is 2.43. The van der Waals surface area contributed by atoms with Crippen LogP contribution in [0, 0.1) is 18.3 Å². The predicted molar refractivity (Wildman–Crippen MR) is 234 cm³/mol. The number of carboxylic acid groups (broad SMARTS) is 1. The fraction of sp³-hybridized carbons (Fsp3) is 0.200. The second-order valence-corrected chi connectivity index (χ2v) is 18.6. The van der Waals surface area contributed by atoms with Crippen LogP contribution in [0.1, 0.15) is 44.4 Å². The second-order valence-electron chi connectivity index (χ2n) is 14.8. The van der Waals surface area contributed by atoms with Gasteiger partial charge in [0.2, 0.25) is 5.91 Å². The van der Waals surface area contributed by atoms with Crippen molar-refractivity contribution in [3.8, 4) is 34.4 Å². The fourth-order valence-corrected chi connectivity index (χ4v) is 10.4. The third kappa shape index (κ3) is 9.06. The van der Waals surface area contributed by atoms with Crippen molar-refractivity contribution < 1.29 is 37.3 Å². The van der Waals surface area contributed by atoms with Gasteiger partial charge in [-0.05, 0) is 101 Å². The molecule has 2 aliphatic heterocycles. The van der Waals surface area contributed by atoms with Crippen LogP contribution in [-0.4, -0.2) is 53.4 Å². The lowest BCUT2D eigenvalue weighted by Gasteiger charge is -2.36. The summed E-state index contributed by atoms with van der Waals surface area (Å²) in [5, 5.41) is 22.7. The van der Waals surface area contributed by atoms with E-state index in [-0.39, 0.29) is 36.2 Å². The molecule has 3 atom stereocenters. The number of nitrogen functional groups attached to an aromatic ring is 1. The molecule has 4 N–H and O–H groups in total. The van der Waals surface area contributed by atoms with Crippen molar-refractivity contribution in [2.24, 2.45) is 0 Å². The number of anilines is 1. The lowest BCUT2D eigenvalue weighted by Crippen LogP contribution is -2.55. The van der Waals surface area contributed by atoms with Crippen molar-refractivity contribution in [1.29, 1.82) is 5.26 Å². The van der Waals surface area contributed by atoms with Crippen LogP contribution in [0.5, 0.6) is 17.2 Å². The molecule has 0 fully saturated rings. The maximum Gasteiger partial charge on any atom is 0.326 e. The fourth-order valence-electron chi connectivity index (χ4n) is 7.37. The zero-order valence-electron chi connectivity index (χ0n) is 32.9. The molecule has 316 valence electrons. The number of halogens is 2. The van der Waals surface area contributed by atoms with Crippen LogP contribution >= 0.6 is 34.5 Å². The highest BCUT2D eigenvalue weighted by molar-refractivity contribution is 7.89. The van der Waals surface area contributed by atoms with Gasteiger partial charge in [0.25, 0.3) is 10.0 Å². The maximum atomic E-state index is 14.4. The Morgan fingerprint density at radius 3 is 2.29 bits per heavy atom. The second kappa shape index (κ2) is 17.7. The van der Waals surface area contributed by atoms with Crippen LogP contribution < -0.4 is 25.3 Å². The third-order valence-corrected chi connectivity index (χ3v) is 14.2. The first kappa shape index (κ1) is 42.5. The summed E-state index contributed by atoms with van der Waals surface area (Å²) in [6, 6.07) is 29.8. The van der Waals surface area contributed by atoms with Gasteiger partial charge in [-0.3, -0.25) is 4.79 Å². The maximum absolute atomic E-state index is 14.4. The average Bonchev–Trinajstić information content (AvgIpc) is 3.63. The minimum Gasteiger partial charge on any atom is -0.489 e. The molecule has 3 heterocycles. The summed E-state index contributed by atoms with van der Waals surface area (Å²) in [6.07, 6.45) is -0.651. The number of ether oxygens (including phenoxy) is 3.